The van der Waals surface area contributed by atoms with Gasteiger partial charge in [-0.1, -0.05) is 23.2 Å². The SMILES string of the molecule is CS(=O)(=O)NC(=O)c1cc(C2CC2)c(CN2CCN(Cc3cc(Cl)cc(Cl)c3)CC2)cc1F.O=C(O)C(F)(F)F. The largest absolute Gasteiger partial charge is 0.490 e. The summed E-state index contributed by atoms with van der Waals surface area (Å²) in [6, 6.07) is 8.49. The zero-order valence-electron chi connectivity index (χ0n) is 21.3. The number of nitrogens with zero attached hydrogens (tertiary/aromatic N) is 2. The first-order chi connectivity index (χ1) is 18.5. The van der Waals surface area contributed by atoms with E-state index in [2.05, 4.69) is 9.80 Å². The van der Waals surface area contributed by atoms with Gasteiger partial charge in [-0.15, -0.1) is 0 Å². The number of hydrogen-bond acceptors (Lipinski definition) is 6. The Labute approximate surface area is 238 Å². The molecule has 220 valence electrons. The number of alkyl halides is 3. The molecule has 1 saturated carbocycles. The second-order valence-corrected chi connectivity index (χ2v) is 12.3. The summed E-state index contributed by atoms with van der Waals surface area (Å²) >= 11 is 12.2. The molecule has 0 spiro atoms. The maximum Gasteiger partial charge on any atom is 0.490 e. The highest BCUT2D eigenvalue weighted by Crippen LogP contribution is 2.42. The predicted molar refractivity (Wildman–Crippen MR) is 141 cm³/mol. The zero-order valence-corrected chi connectivity index (χ0v) is 23.6. The van der Waals surface area contributed by atoms with Gasteiger partial charge in [0.05, 0.1) is 11.8 Å². The minimum Gasteiger partial charge on any atom is -0.475 e. The van der Waals surface area contributed by atoms with Gasteiger partial charge in [0.25, 0.3) is 5.91 Å². The van der Waals surface area contributed by atoms with Crippen LogP contribution >= 0.6 is 23.2 Å². The number of aliphatic carboxylic acids is 1. The zero-order chi connectivity index (χ0) is 29.8. The van der Waals surface area contributed by atoms with Crippen LogP contribution in [0.25, 0.3) is 0 Å². The van der Waals surface area contributed by atoms with E-state index in [-0.39, 0.29) is 5.56 Å². The van der Waals surface area contributed by atoms with Crippen molar-refractivity contribution in [3.05, 3.63) is 68.4 Å². The van der Waals surface area contributed by atoms with Crippen LogP contribution in [0.1, 0.15) is 45.8 Å². The highest BCUT2D eigenvalue weighted by atomic mass is 35.5. The Bertz CT molecular complexity index is 1340. The molecule has 2 aromatic rings. The molecule has 1 amide bonds. The number of hydrogen-bond donors (Lipinski definition) is 2. The Morgan fingerprint density at radius 3 is 1.93 bits per heavy atom. The molecule has 1 heterocycles. The lowest BCUT2D eigenvalue weighted by molar-refractivity contribution is -0.192. The summed E-state index contributed by atoms with van der Waals surface area (Å²) in [7, 11) is -3.77. The van der Waals surface area contributed by atoms with E-state index in [0.29, 0.717) is 22.5 Å². The third kappa shape index (κ3) is 9.88. The number of halogens is 6. The van der Waals surface area contributed by atoms with Crippen LogP contribution in [0.3, 0.4) is 0 Å². The fourth-order valence-corrected chi connectivity index (χ4v) is 5.26. The number of carbonyl (C=O) groups is 2. The lowest BCUT2D eigenvalue weighted by Crippen LogP contribution is -2.45. The molecular formula is C25H27Cl2F4N3O5S. The molecule has 2 aliphatic rings. The molecule has 0 atom stereocenters. The summed E-state index contributed by atoms with van der Waals surface area (Å²) in [4.78, 5) is 25.7. The van der Waals surface area contributed by atoms with Gasteiger partial charge in [0.15, 0.2) is 0 Å². The van der Waals surface area contributed by atoms with Crippen LogP contribution in [-0.2, 0) is 27.9 Å². The number of nitrogens with one attached hydrogen (secondary N) is 1. The molecule has 0 bridgehead atoms. The molecule has 2 fully saturated rings. The van der Waals surface area contributed by atoms with E-state index in [0.717, 1.165) is 68.5 Å². The molecule has 0 radical (unpaired) electrons. The lowest BCUT2D eigenvalue weighted by atomic mass is 9.98. The number of piperazine rings is 1. The number of carboxylic acid groups (broad SMARTS) is 1. The number of sulfonamides is 1. The Kier molecular flexibility index (Phi) is 10.4. The van der Waals surface area contributed by atoms with Crippen molar-refractivity contribution in [2.45, 2.75) is 38.0 Å². The second-order valence-electron chi connectivity index (χ2n) is 9.64. The smallest absolute Gasteiger partial charge is 0.475 e. The van der Waals surface area contributed by atoms with Gasteiger partial charge in [-0.2, -0.15) is 13.2 Å². The summed E-state index contributed by atoms with van der Waals surface area (Å²) in [5.41, 5.74) is 2.64. The fourth-order valence-electron chi connectivity index (χ4n) is 4.25. The van der Waals surface area contributed by atoms with Crippen LogP contribution in [0.4, 0.5) is 17.6 Å². The Hall–Kier alpha value is -2.45. The first-order valence-electron chi connectivity index (χ1n) is 12.1. The van der Waals surface area contributed by atoms with Crippen LogP contribution < -0.4 is 4.72 Å². The molecule has 0 unspecified atom stereocenters. The molecule has 15 heteroatoms. The third-order valence-electron chi connectivity index (χ3n) is 6.20. The molecule has 1 aliphatic heterocycles. The summed E-state index contributed by atoms with van der Waals surface area (Å²) < 4.78 is 71.1. The predicted octanol–water partition coefficient (Wildman–Crippen LogP) is 4.65. The summed E-state index contributed by atoms with van der Waals surface area (Å²) in [5.74, 6) is -4.10. The molecule has 1 aliphatic carbocycles. The average Bonchev–Trinajstić information content (AvgIpc) is 3.64. The standard InChI is InChI=1S/C23H26Cl2FN3O3S.C2HF3O2/c1-33(31,32)27-23(30)21-12-20(16-2-3-16)17(10-22(21)26)14-29-6-4-28(5-7-29)13-15-8-18(24)11-19(25)9-15;3-2(4,5)1(6)7/h8-12,16H,2-7,13-14H2,1H3,(H,27,30);(H,6,7). The number of carbonyl (C=O) groups excluding carboxylic acids is 1. The first kappa shape index (κ1) is 32.1. The first-order valence-corrected chi connectivity index (χ1v) is 14.7. The summed E-state index contributed by atoms with van der Waals surface area (Å²) in [6.07, 6.45) is -2.23. The van der Waals surface area contributed by atoms with Gasteiger partial charge in [0, 0.05) is 49.3 Å². The fraction of sp³-hybridized carbons (Fsp3) is 0.440. The van der Waals surface area contributed by atoms with E-state index < -0.39 is 33.9 Å². The number of carboxylic acids is 1. The highest BCUT2D eigenvalue weighted by Gasteiger charge is 2.38. The molecule has 1 saturated heterocycles. The van der Waals surface area contributed by atoms with Gasteiger partial charge < -0.3 is 5.11 Å². The minimum absolute atomic E-state index is 0.226. The van der Waals surface area contributed by atoms with E-state index in [1.807, 2.05) is 16.9 Å². The average molecular weight is 628 g/mol. The molecule has 4 rings (SSSR count). The van der Waals surface area contributed by atoms with Gasteiger partial charge >= 0.3 is 12.1 Å². The molecule has 40 heavy (non-hydrogen) atoms. The van der Waals surface area contributed by atoms with E-state index in [9.17, 15) is 30.8 Å². The van der Waals surface area contributed by atoms with Crippen molar-refractivity contribution < 1.29 is 40.7 Å². The van der Waals surface area contributed by atoms with Crippen molar-refractivity contribution in [2.24, 2.45) is 0 Å². The minimum atomic E-state index is -5.08. The Morgan fingerprint density at radius 1 is 0.975 bits per heavy atom. The van der Waals surface area contributed by atoms with Crippen molar-refractivity contribution in [1.29, 1.82) is 0 Å². The van der Waals surface area contributed by atoms with Gasteiger partial charge in [-0.25, -0.2) is 22.3 Å². The van der Waals surface area contributed by atoms with Crippen LogP contribution in [0.15, 0.2) is 30.3 Å². The molecule has 2 N–H and O–H groups in total. The Balaban J connectivity index is 0.000000559. The van der Waals surface area contributed by atoms with Crippen molar-refractivity contribution >= 4 is 45.1 Å². The molecular weight excluding hydrogens is 601 g/mol. The van der Waals surface area contributed by atoms with Gasteiger partial charge in [-0.05, 0) is 65.8 Å². The van der Waals surface area contributed by atoms with E-state index >= 15 is 0 Å². The van der Waals surface area contributed by atoms with E-state index in [4.69, 9.17) is 33.1 Å². The van der Waals surface area contributed by atoms with E-state index in [1.165, 1.54) is 12.1 Å². The molecule has 8 nitrogen and oxygen atoms in total. The van der Waals surface area contributed by atoms with Gasteiger partial charge in [0.1, 0.15) is 5.82 Å². The summed E-state index contributed by atoms with van der Waals surface area (Å²) in [6.45, 7) is 4.74. The van der Waals surface area contributed by atoms with Crippen LogP contribution in [0.5, 0.6) is 0 Å². The second kappa shape index (κ2) is 13.0. The number of benzene rings is 2. The number of amides is 1. The molecule has 0 aromatic heterocycles. The third-order valence-corrected chi connectivity index (χ3v) is 7.19. The normalized spacial score (nSPS) is 16.7. The van der Waals surface area contributed by atoms with Crippen LogP contribution in [-0.4, -0.2) is 73.8 Å². The monoisotopic (exact) mass is 627 g/mol. The maximum atomic E-state index is 14.8. The maximum absolute atomic E-state index is 14.8. The van der Waals surface area contributed by atoms with Gasteiger partial charge in [0.2, 0.25) is 10.0 Å². The number of rotatable bonds is 7. The highest BCUT2D eigenvalue weighted by molar-refractivity contribution is 7.89. The Morgan fingerprint density at radius 2 is 1.48 bits per heavy atom. The van der Waals surface area contributed by atoms with Crippen LogP contribution in [0, 0.1) is 5.82 Å². The summed E-state index contributed by atoms with van der Waals surface area (Å²) in [5, 5.41) is 8.37. The van der Waals surface area contributed by atoms with Crippen LogP contribution in [0.2, 0.25) is 10.0 Å². The van der Waals surface area contributed by atoms with Crippen molar-refractivity contribution in [3.63, 3.8) is 0 Å². The van der Waals surface area contributed by atoms with Crippen molar-refractivity contribution in [1.82, 2.24) is 14.5 Å². The van der Waals surface area contributed by atoms with Gasteiger partial charge in [-0.3, -0.25) is 14.6 Å². The van der Waals surface area contributed by atoms with Crippen molar-refractivity contribution in [3.8, 4) is 0 Å². The lowest BCUT2D eigenvalue weighted by Gasteiger charge is -2.35. The van der Waals surface area contributed by atoms with Crippen molar-refractivity contribution in [2.75, 3.05) is 32.4 Å². The molecule has 2 aromatic carbocycles. The quantitative estimate of drug-likeness (QED) is 0.430. The van der Waals surface area contributed by atoms with E-state index in [1.54, 1.807) is 6.07 Å². The topological polar surface area (TPSA) is 107 Å².